The van der Waals surface area contributed by atoms with Crippen molar-refractivity contribution in [3.05, 3.63) is 21.9 Å². The Morgan fingerprint density at radius 1 is 1.36 bits per heavy atom. The van der Waals surface area contributed by atoms with Gasteiger partial charge in [-0.3, -0.25) is 9.69 Å². The van der Waals surface area contributed by atoms with Crippen molar-refractivity contribution in [2.45, 2.75) is 45.2 Å². The average Bonchev–Trinajstić information content (AvgIpc) is 2.95. The fraction of sp³-hybridized carbons (Fsp3) is 0.706. The minimum Gasteiger partial charge on any atom is -0.481 e. The van der Waals surface area contributed by atoms with Crippen LogP contribution in [0.5, 0.6) is 0 Å². The Bertz CT molecular complexity index is 545. The van der Waals surface area contributed by atoms with Gasteiger partial charge in [0.05, 0.1) is 5.41 Å². The van der Waals surface area contributed by atoms with Gasteiger partial charge >= 0.3 is 5.97 Å². The van der Waals surface area contributed by atoms with Gasteiger partial charge in [0.15, 0.2) is 0 Å². The van der Waals surface area contributed by atoms with Gasteiger partial charge in [-0.15, -0.1) is 11.3 Å². The number of fused-ring (bicyclic) bond motifs is 1. The molecule has 1 aromatic rings. The lowest BCUT2D eigenvalue weighted by molar-refractivity contribution is -0.162. The second kappa shape index (κ2) is 6.30. The molecule has 122 valence electrons. The highest BCUT2D eigenvalue weighted by Gasteiger charge is 2.52. The Balaban J connectivity index is 1.72. The maximum absolute atomic E-state index is 11.9. The predicted octanol–water partition coefficient (Wildman–Crippen LogP) is 2.68. The molecule has 22 heavy (non-hydrogen) atoms. The number of likely N-dealkylation sites (N-methyl/N-ethyl adjacent to an activating group) is 1. The number of carbonyl (C=O) groups is 1. The van der Waals surface area contributed by atoms with Crippen molar-refractivity contribution in [2.24, 2.45) is 5.41 Å². The van der Waals surface area contributed by atoms with Crippen LogP contribution in [0, 0.1) is 5.41 Å². The molecule has 3 rings (SSSR count). The fourth-order valence-corrected chi connectivity index (χ4v) is 5.11. The van der Waals surface area contributed by atoms with Gasteiger partial charge in [-0.05, 0) is 58.0 Å². The van der Waals surface area contributed by atoms with E-state index in [1.54, 1.807) is 0 Å². The first-order valence-corrected chi connectivity index (χ1v) is 9.10. The lowest BCUT2D eigenvalue weighted by atomic mass is 9.68. The van der Waals surface area contributed by atoms with Crippen molar-refractivity contribution in [2.75, 3.05) is 26.7 Å². The lowest BCUT2D eigenvalue weighted by Crippen LogP contribution is -2.62. The first-order chi connectivity index (χ1) is 10.5. The third-order valence-corrected chi connectivity index (χ3v) is 6.69. The number of aliphatic carboxylic acids is 1. The molecule has 1 aromatic heterocycles. The molecule has 2 fully saturated rings. The molecule has 0 aliphatic carbocycles. The van der Waals surface area contributed by atoms with Gasteiger partial charge in [-0.1, -0.05) is 6.92 Å². The zero-order valence-electron chi connectivity index (χ0n) is 13.5. The Labute approximate surface area is 136 Å². The summed E-state index contributed by atoms with van der Waals surface area (Å²) in [6, 6.07) is 4.60. The van der Waals surface area contributed by atoms with Crippen molar-refractivity contribution in [3.63, 3.8) is 0 Å². The standard InChI is InChI=1S/C17H26N2O2S/c1-3-13-5-6-14(22-13)11-19-10-8-17(16(20)21)7-4-9-18(2)15(17)12-19/h5-6,15H,3-4,7-12H2,1-2H3,(H,20,21)/t15-,17+/m1/s1. The van der Waals surface area contributed by atoms with Gasteiger partial charge in [-0.25, -0.2) is 0 Å². The number of rotatable bonds is 4. The third-order valence-electron chi connectivity index (χ3n) is 5.48. The molecule has 0 amide bonds. The SMILES string of the molecule is CCc1ccc(CN2CC[C@@]3(C(=O)O)CCCN(C)[C@@H]3C2)s1. The van der Waals surface area contributed by atoms with Crippen LogP contribution in [0.4, 0.5) is 0 Å². The molecule has 4 nitrogen and oxygen atoms in total. The fourth-order valence-electron chi connectivity index (χ4n) is 4.11. The Kier molecular flexibility index (Phi) is 4.57. The summed E-state index contributed by atoms with van der Waals surface area (Å²) >= 11 is 1.89. The van der Waals surface area contributed by atoms with Gasteiger partial charge in [-0.2, -0.15) is 0 Å². The first kappa shape index (κ1) is 16.0. The van der Waals surface area contributed by atoms with E-state index in [1.165, 1.54) is 9.75 Å². The van der Waals surface area contributed by atoms with Crippen LogP contribution < -0.4 is 0 Å². The molecule has 0 spiro atoms. The summed E-state index contributed by atoms with van der Waals surface area (Å²) in [5.74, 6) is -0.590. The predicted molar refractivity (Wildman–Crippen MR) is 89.3 cm³/mol. The molecule has 5 heteroatoms. The number of likely N-dealkylation sites (tertiary alicyclic amines) is 2. The summed E-state index contributed by atoms with van der Waals surface area (Å²) in [6.07, 6.45) is 3.72. The summed E-state index contributed by atoms with van der Waals surface area (Å²) in [5.41, 5.74) is -0.520. The highest BCUT2D eigenvalue weighted by Crippen LogP contribution is 2.42. The third kappa shape index (κ3) is 2.82. The molecule has 0 saturated carbocycles. The molecule has 0 radical (unpaired) electrons. The zero-order valence-corrected chi connectivity index (χ0v) is 14.4. The van der Waals surface area contributed by atoms with E-state index in [1.807, 2.05) is 11.3 Å². The summed E-state index contributed by atoms with van der Waals surface area (Å²) in [5, 5.41) is 9.81. The molecule has 2 saturated heterocycles. The normalized spacial score (nSPS) is 30.2. The zero-order chi connectivity index (χ0) is 15.7. The number of carboxylic acid groups (broad SMARTS) is 1. The Morgan fingerprint density at radius 2 is 2.14 bits per heavy atom. The molecule has 0 unspecified atom stereocenters. The van der Waals surface area contributed by atoms with Crippen LogP contribution in [0.3, 0.4) is 0 Å². The van der Waals surface area contributed by atoms with Crippen LogP contribution in [0.2, 0.25) is 0 Å². The maximum Gasteiger partial charge on any atom is 0.311 e. The summed E-state index contributed by atoms with van der Waals surface area (Å²) < 4.78 is 0. The molecule has 0 aromatic carbocycles. The van der Waals surface area contributed by atoms with Crippen molar-refractivity contribution >= 4 is 17.3 Å². The molecule has 1 N–H and O–H groups in total. The second-order valence-electron chi connectivity index (χ2n) is 6.77. The number of thiophene rings is 1. The number of piperidine rings is 2. The molecule has 2 aliphatic heterocycles. The molecular weight excluding hydrogens is 296 g/mol. The van der Waals surface area contributed by atoms with E-state index in [0.717, 1.165) is 51.9 Å². The van der Waals surface area contributed by atoms with E-state index in [4.69, 9.17) is 0 Å². The van der Waals surface area contributed by atoms with Gasteiger partial charge < -0.3 is 10.0 Å². The second-order valence-corrected chi connectivity index (χ2v) is 8.02. The number of aryl methyl sites for hydroxylation is 1. The highest BCUT2D eigenvalue weighted by molar-refractivity contribution is 7.11. The highest BCUT2D eigenvalue weighted by atomic mass is 32.1. The van der Waals surface area contributed by atoms with E-state index in [2.05, 4.69) is 35.9 Å². The summed E-state index contributed by atoms with van der Waals surface area (Å²) in [7, 11) is 2.09. The van der Waals surface area contributed by atoms with Crippen LogP contribution >= 0.6 is 11.3 Å². The Morgan fingerprint density at radius 3 is 2.82 bits per heavy atom. The molecular formula is C17H26N2O2S. The number of hydrogen-bond donors (Lipinski definition) is 1. The van der Waals surface area contributed by atoms with E-state index in [-0.39, 0.29) is 6.04 Å². The van der Waals surface area contributed by atoms with Crippen LogP contribution in [0.25, 0.3) is 0 Å². The lowest BCUT2D eigenvalue weighted by Gasteiger charge is -2.51. The number of nitrogens with zero attached hydrogens (tertiary/aromatic N) is 2. The van der Waals surface area contributed by atoms with Crippen molar-refractivity contribution < 1.29 is 9.90 Å². The Hall–Kier alpha value is -0.910. The van der Waals surface area contributed by atoms with Crippen LogP contribution in [-0.2, 0) is 17.8 Å². The van der Waals surface area contributed by atoms with Crippen LogP contribution in [0.15, 0.2) is 12.1 Å². The monoisotopic (exact) mass is 322 g/mol. The number of carboxylic acids is 1. The van der Waals surface area contributed by atoms with Crippen LogP contribution in [-0.4, -0.2) is 53.6 Å². The van der Waals surface area contributed by atoms with Gasteiger partial charge in [0.1, 0.15) is 0 Å². The molecule has 2 atom stereocenters. The van der Waals surface area contributed by atoms with Crippen molar-refractivity contribution in [1.29, 1.82) is 0 Å². The first-order valence-electron chi connectivity index (χ1n) is 8.29. The van der Waals surface area contributed by atoms with Gasteiger partial charge in [0, 0.05) is 28.9 Å². The largest absolute Gasteiger partial charge is 0.481 e. The van der Waals surface area contributed by atoms with Crippen LogP contribution in [0.1, 0.15) is 35.9 Å². The quantitative estimate of drug-likeness (QED) is 0.925. The van der Waals surface area contributed by atoms with Gasteiger partial charge in [0.25, 0.3) is 0 Å². The van der Waals surface area contributed by atoms with E-state index in [9.17, 15) is 9.90 Å². The minimum absolute atomic E-state index is 0.151. The topological polar surface area (TPSA) is 43.8 Å². The average molecular weight is 322 g/mol. The minimum atomic E-state index is -0.590. The smallest absolute Gasteiger partial charge is 0.311 e. The van der Waals surface area contributed by atoms with E-state index < -0.39 is 11.4 Å². The molecule has 0 bridgehead atoms. The number of hydrogen-bond acceptors (Lipinski definition) is 4. The van der Waals surface area contributed by atoms with Crippen molar-refractivity contribution in [3.8, 4) is 0 Å². The summed E-state index contributed by atoms with van der Waals surface area (Å²) in [4.78, 5) is 19.5. The van der Waals surface area contributed by atoms with E-state index in [0.29, 0.717) is 0 Å². The summed E-state index contributed by atoms with van der Waals surface area (Å²) in [6.45, 7) is 5.95. The van der Waals surface area contributed by atoms with Crippen molar-refractivity contribution in [1.82, 2.24) is 9.80 Å². The van der Waals surface area contributed by atoms with E-state index >= 15 is 0 Å². The molecule has 2 aliphatic rings. The maximum atomic E-state index is 11.9. The molecule has 3 heterocycles. The van der Waals surface area contributed by atoms with Gasteiger partial charge in [0.2, 0.25) is 0 Å².